The van der Waals surface area contributed by atoms with Crippen LogP contribution in [0.15, 0.2) is 54.7 Å². The van der Waals surface area contributed by atoms with Gasteiger partial charge < -0.3 is 9.88 Å². The maximum atomic E-state index is 13.2. The first-order valence-corrected chi connectivity index (χ1v) is 11.4. The summed E-state index contributed by atoms with van der Waals surface area (Å²) in [5.74, 6) is 0.00800. The van der Waals surface area contributed by atoms with Crippen molar-refractivity contribution in [1.82, 2.24) is 9.88 Å². The lowest BCUT2D eigenvalue weighted by Crippen LogP contribution is -2.42. The number of hydrogen-bond acceptors (Lipinski definition) is 3. The Morgan fingerprint density at radius 1 is 1.14 bits per heavy atom. The Morgan fingerprint density at radius 2 is 1.89 bits per heavy atom. The summed E-state index contributed by atoms with van der Waals surface area (Å²) in [6.45, 7) is 0.462. The van der Waals surface area contributed by atoms with Gasteiger partial charge in [0.25, 0.3) is 5.91 Å². The van der Waals surface area contributed by atoms with Crippen molar-refractivity contribution in [1.29, 1.82) is 0 Å². The molecule has 146 valence electrons. The average Bonchev–Trinajstić information content (AvgIpc) is 3.25. The Kier molecular flexibility index (Phi) is 5.17. The minimum Gasteiger partial charge on any atom is -0.361 e. The highest BCUT2D eigenvalue weighted by Crippen LogP contribution is 2.23. The highest BCUT2D eigenvalue weighted by molar-refractivity contribution is 7.91. The van der Waals surface area contributed by atoms with Gasteiger partial charge in [-0.3, -0.25) is 4.79 Å². The Bertz CT molecular complexity index is 1110. The van der Waals surface area contributed by atoms with Gasteiger partial charge in [0, 0.05) is 40.3 Å². The van der Waals surface area contributed by atoms with E-state index in [0.717, 1.165) is 16.5 Å². The highest BCUT2D eigenvalue weighted by Gasteiger charge is 2.34. The fourth-order valence-corrected chi connectivity index (χ4v) is 5.67. The Hall–Kier alpha value is -2.31. The predicted octanol–water partition coefficient (Wildman–Crippen LogP) is 3.69. The van der Waals surface area contributed by atoms with Crippen molar-refractivity contribution in [2.24, 2.45) is 0 Å². The average molecular weight is 417 g/mol. The van der Waals surface area contributed by atoms with Crippen LogP contribution in [0.1, 0.15) is 22.3 Å². The molecule has 1 fully saturated rings. The summed E-state index contributed by atoms with van der Waals surface area (Å²) in [6.07, 6.45) is 3.09. The number of sulfone groups is 1. The quantitative estimate of drug-likeness (QED) is 0.689. The molecule has 1 aliphatic heterocycles. The molecular formula is C21H21ClN2O3S. The minimum atomic E-state index is -3.09. The number of fused-ring (bicyclic) bond motifs is 1. The van der Waals surface area contributed by atoms with Gasteiger partial charge >= 0.3 is 0 Å². The van der Waals surface area contributed by atoms with Crippen molar-refractivity contribution < 1.29 is 13.2 Å². The maximum Gasteiger partial charge on any atom is 0.254 e. The Labute approximate surface area is 169 Å². The Morgan fingerprint density at radius 3 is 2.61 bits per heavy atom. The van der Waals surface area contributed by atoms with Crippen LogP contribution in [-0.2, 0) is 16.3 Å². The zero-order chi connectivity index (χ0) is 19.7. The molecule has 1 aromatic heterocycles. The van der Waals surface area contributed by atoms with Gasteiger partial charge in [0.15, 0.2) is 9.84 Å². The number of hydrogen-bond donors (Lipinski definition) is 1. The van der Waals surface area contributed by atoms with E-state index in [0.29, 0.717) is 30.0 Å². The first kappa shape index (κ1) is 19.0. The van der Waals surface area contributed by atoms with Gasteiger partial charge in [0.1, 0.15) is 0 Å². The second-order valence-corrected chi connectivity index (χ2v) is 9.84. The molecule has 0 radical (unpaired) electrons. The molecule has 1 amide bonds. The molecule has 0 bridgehead atoms. The molecule has 1 N–H and O–H groups in total. The molecule has 1 unspecified atom stereocenters. The number of H-pyrrole nitrogens is 1. The van der Waals surface area contributed by atoms with Gasteiger partial charge in [-0.1, -0.05) is 29.8 Å². The number of amides is 1. The van der Waals surface area contributed by atoms with E-state index in [2.05, 4.69) is 4.98 Å². The SMILES string of the molecule is O=C(c1ccc(Cl)cc1)N(CCc1c[nH]c2ccccc12)C1CCS(=O)(=O)C1. The Balaban J connectivity index is 1.59. The van der Waals surface area contributed by atoms with Crippen molar-refractivity contribution in [3.63, 3.8) is 0 Å². The van der Waals surface area contributed by atoms with Crippen LogP contribution in [0, 0.1) is 0 Å². The number of carbonyl (C=O) groups is 1. The minimum absolute atomic E-state index is 0.0280. The lowest BCUT2D eigenvalue weighted by molar-refractivity contribution is 0.0699. The topological polar surface area (TPSA) is 70.2 Å². The van der Waals surface area contributed by atoms with Crippen LogP contribution in [0.4, 0.5) is 0 Å². The van der Waals surface area contributed by atoms with Gasteiger partial charge in [-0.2, -0.15) is 0 Å². The number of para-hydroxylation sites is 1. The van der Waals surface area contributed by atoms with E-state index in [-0.39, 0.29) is 23.5 Å². The largest absolute Gasteiger partial charge is 0.361 e. The molecule has 1 atom stereocenters. The number of benzene rings is 2. The summed E-state index contributed by atoms with van der Waals surface area (Å²) in [4.78, 5) is 18.1. The normalized spacial score (nSPS) is 18.4. The number of rotatable bonds is 5. The number of nitrogens with zero attached hydrogens (tertiary/aromatic N) is 1. The maximum absolute atomic E-state index is 13.2. The summed E-state index contributed by atoms with van der Waals surface area (Å²) in [5.41, 5.74) is 2.69. The van der Waals surface area contributed by atoms with Crippen LogP contribution in [0.25, 0.3) is 10.9 Å². The van der Waals surface area contributed by atoms with Crippen LogP contribution in [0.5, 0.6) is 0 Å². The van der Waals surface area contributed by atoms with E-state index in [1.165, 1.54) is 0 Å². The van der Waals surface area contributed by atoms with Crippen molar-refractivity contribution in [2.45, 2.75) is 18.9 Å². The van der Waals surface area contributed by atoms with Gasteiger partial charge in [0.2, 0.25) is 0 Å². The standard InChI is InChI=1S/C21H21ClN2O3S/c22-17-7-5-15(6-8-17)21(25)24(18-10-12-28(26,27)14-18)11-9-16-13-23-20-4-2-1-3-19(16)20/h1-8,13,18,23H,9-12,14H2. The summed E-state index contributed by atoms with van der Waals surface area (Å²) in [6, 6.07) is 14.5. The zero-order valence-corrected chi connectivity index (χ0v) is 16.8. The molecule has 0 aliphatic carbocycles. The molecule has 2 aromatic carbocycles. The highest BCUT2D eigenvalue weighted by atomic mass is 35.5. The lowest BCUT2D eigenvalue weighted by atomic mass is 10.1. The number of aromatic nitrogens is 1. The summed E-state index contributed by atoms with van der Waals surface area (Å²) < 4.78 is 24.0. The molecule has 1 aliphatic rings. The molecule has 1 saturated heterocycles. The van der Waals surface area contributed by atoms with Gasteiger partial charge in [-0.05, 0) is 48.7 Å². The first-order chi connectivity index (χ1) is 13.4. The van der Waals surface area contributed by atoms with Crippen molar-refractivity contribution in [3.8, 4) is 0 Å². The van der Waals surface area contributed by atoms with Crippen LogP contribution in [0.2, 0.25) is 5.02 Å². The van der Waals surface area contributed by atoms with E-state index in [9.17, 15) is 13.2 Å². The zero-order valence-electron chi connectivity index (χ0n) is 15.3. The van der Waals surface area contributed by atoms with Gasteiger partial charge in [-0.25, -0.2) is 8.42 Å². The van der Waals surface area contributed by atoms with Gasteiger partial charge in [-0.15, -0.1) is 0 Å². The first-order valence-electron chi connectivity index (χ1n) is 9.25. The fraction of sp³-hybridized carbons (Fsp3) is 0.286. The lowest BCUT2D eigenvalue weighted by Gasteiger charge is -2.28. The third-order valence-corrected chi connectivity index (χ3v) is 7.30. The molecular weight excluding hydrogens is 396 g/mol. The van der Waals surface area contributed by atoms with Crippen LogP contribution >= 0.6 is 11.6 Å². The summed E-state index contributed by atoms with van der Waals surface area (Å²) in [5, 5.41) is 1.69. The van der Waals surface area contributed by atoms with E-state index < -0.39 is 9.84 Å². The van der Waals surface area contributed by atoms with Crippen molar-refractivity contribution in [2.75, 3.05) is 18.1 Å². The number of aromatic amines is 1. The molecule has 5 nitrogen and oxygen atoms in total. The number of carbonyl (C=O) groups excluding carboxylic acids is 1. The predicted molar refractivity (Wildman–Crippen MR) is 112 cm³/mol. The summed E-state index contributed by atoms with van der Waals surface area (Å²) >= 11 is 5.94. The second kappa shape index (κ2) is 7.60. The molecule has 28 heavy (non-hydrogen) atoms. The van der Waals surface area contributed by atoms with Crippen molar-refractivity contribution >= 4 is 38.2 Å². The monoisotopic (exact) mass is 416 g/mol. The van der Waals surface area contributed by atoms with E-state index >= 15 is 0 Å². The number of halogens is 1. The fourth-order valence-electron chi connectivity index (χ4n) is 3.81. The molecule has 0 saturated carbocycles. The van der Waals surface area contributed by atoms with Crippen LogP contribution in [-0.4, -0.2) is 48.3 Å². The molecule has 4 rings (SSSR count). The summed E-state index contributed by atoms with van der Waals surface area (Å²) in [7, 11) is -3.09. The van der Waals surface area contributed by atoms with Crippen LogP contribution in [0.3, 0.4) is 0 Å². The molecule has 3 aromatic rings. The third kappa shape index (κ3) is 3.93. The number of nitrogens with one attached hydrogen (secondary N) is 1. The van der Waals surface area contributed by atoms with Crippen LogP contribution < -0.4 is 0 Å². The van der Waals surface area contributed by atoms with Gasteiger partial charge in [0.05, 0.1) is 11.5 Å². The second-order valence-electron chi connectivity index (χ2n) is 7.17. The molecule has 0 spiro atoms. The molecule has 7 heteroatoms. The third-order valence-electron chi connectivity index (χ3n) is 5.30. The van der Waals surface area contributed by atoms with E-state index in [1.807, 2.05) is 30.5 Å². The smallest absolute Gasteiger partial charge is 0.254 e. The molecule has 2 heterocycles. The van der Waals surface area contributed by atoms with Crippen molar-refractivity contribution in [3.05, 3.63) is 70.9 Å². The van der Waals surface area contributed by atoms with E-state index in [4.69, 9.17) is 11.6 Å². The van der Waals surface area contributed by atoms with E-state index in [1.54, 1.807) is 29.2 Å².